The first-order valence-electron chi connectivity index (χ1n) is 6.63. The Morgan fingerprint density at radius 1 is 1.61 bits per heavy atom. The molecule has 1 aliphatic heterocycles. The van der Waals surface area contributed by atoms with Crippen molar-refractivity contribution in [1.29, 1.82) is 0 Å². The third-order valence-electron chi connectivity index (χ3n) is 3.52. The summed E-state index contributed by atoms with van der Waals surface area (Å²) in [6.07, 6.45) is 6.72. The van der Waals surface area contributed by atoms with Gasteiger partial charge in [0, 0.05) is 24.4 Å². The number of nitrogens with one attached hydrogen (secondary N) is 1. The molecule has 2 rings (SSSR count). The lowest BCUT2D eigenvalue weighted by Gasteiger charge is -2.20. The molecule has 0 amide bonds. The molecular formula is C14H22N2O2. The first-order chi connectivity index (χ1) is 8.85. The van der Waals surface area contributed by atoms with Crippen LogP contribution in [0.15, 0.2) is 18.3 Å². The standard InChI is InChI=1S/C14H22N2O2/c1-15-13(8-7-11-5-4-10-18-11)12-6-3-9-16-14(12)17-2/h3,6,9,11,13,15H,4-5,7-8,10H2,1-2H3. The zero-order chi connectivity index (χ0) is 12.8. The average Bonchev–Trinajstić information content (AvgIpc) is 2.93. The summed E-state index contributed by atoms with van der Waals surface area (Å²) in [4.78, 5) is 4.25. The first kappa shape index (κ1) is 13.3. The van der Waals surface area contributed by atoms with Gasteiger partial charge < -0.3 is 14.8 Å². The van der Waals surface area contributed by atoms with E-state index in [4.69, 9.17) is 9.47 Å². The van der Waals surface area contributed by atoms with E-state index >= 15 is 0 Å². The van der Waals surface area contributed by atoms with E-state index in [1.54, 1.807) is 13.3 Å². The molecule has 18 heavy (non-hydrogen) atoms. The van der Waals surface area contributed by atoms with Gasteiger partial charge in [-0.05, 0) is 38.8 Å². The highest BCUT2D eigenvalue weighted by Gasteiger charge is 2.20. The fraction of sp³-hybridized carbons (Fsp3) is 0.643. The van der Waals surface area contributed by atoms with E-state index in [1.807, 2.05) is 13.1 Å². The van der Waals surface area contributed by atoms with Crippen LogP contribution in [-0.4, -0.2) is 31.9 Å². The summed E-state index contributed by atoms with van der Waals surface area (Å²) in [6, 6.07) is 4.30. The number of rotatable bonds is 6. The molecule has 0 spiro atoms. The zero-order valence-corrected chi connectivity index (χ0v) is 11.2. The molecule has 1 aromatic rings. The van der Waals surface area contributed by atoms with Gasteiger partial charge in [0.15, 0.2) is 0 Å². The number of pyridine rings is 1. The van der Waals surface area contributed by atoms with Crippen LogP contribution in [0.5, 0.6) is 5.88 Å². The van der Waals surface area contributed by atoms with E-state index in [0.29, 0.717) is 12.0 Å². The molecule has 0 radical (unpaired) electrons. The summed E-state index contributed by atoms with van der Waals surface area (Å²) in [5, 5.41) is 3.34. The lowest BCUT2D eigenvalue weighted by atomic mass is 10.0. The summed E-state index contributed by atoms with van der Waals surface area (Å²) in [7, 11) is 3.64. The lowest BCUT2D eigenvalue weighted by Crippen LogP contribution is -2.19. The minimum absolute atomic E-state index is 0.276. The number of ether oxygens (including phenoxy) is 2. The fourth-order valence-electron chi connectivity index (χ4n) is 2.52. The predicted octanol–water partition coefficient (Wildman–Crippen LogP) is 2.31. The van der Waals surface area contributed by atoms with Crippen LogP contribution in [0.2, 0.25) is 0 Å². The molecule has 0 aromatic carbocycles. The summed E-state index contributed by atoms with van der Waals surface area (Å²) >= 11 is 0. The second-order valence-electron chi connectivity index (χ2n) is 4.66. The van der Waals surface area contributed by atoms with Crippen LogP contribution in [0.1, 0.15) is 37.3 Å². The Morgan fingerprint density at radius 3 is 3.17 bits per heavy atom. The summed E-state index contributed by atoms with van der Waals surface area (Å²) in [5.74, 6) is 0.712. The monoisotopic (exact) mass is 250 g/mol. The SMILES string of the molecule is CNC(CCC1CCCO1)c1cccnc1OC. The lowest BCUT2D eigenvalue weighted by molar-refractivity contribution is 0.0997. The van der Waals surface area contributed by atoms with Crippen LogP contribution in [0.4, 0.5) is 0 Å². The highest BCUT2D eigenvalue weighted by molar-refractivity contribution is 5.28. The molecule has 4 nitrogen and oxygen atoms in total. The van der Waals surface area contributed by atoms with Gasteiger partial charge in [-0.2, -0.15) is 0 Å². The zero-order valence-electron chi connectivity index (χ0n) is 11.2. The molecular weight excluding hydrogens is 228 g/mol. The number of nitrogens with zero attached hydrogens (tertiary/aromatic N) is 1. The Morgan fingerprint density at radius 2 is 2.50 bits per heavy atom. The second-order valence-corrected chi connectivity index (χ2v) is 4.66. The van der Waals surface area contributed by atoms with Crippen molar-refractivity contribution in [3.63, 3.8) is 0 Å². The normalized spacial score (nSPS) is 20.9. The molecule has 0 bridgehead atoms. The largest absolute Gasteiger partial charge is 0.481 e. The van der Waals surface area contributed by atoms with Gasteiger partial charge >= 0.3 is 0 Å². The van der Waals surface area contributed by atoms with Crippen molar-refractivity contribution in [2.24, 2.45) is 0 Å². The van der Waals surface area contributed by atoms with Crippen LogP contribution < -0.4 is 10.1 Å². The Kier molecular flexibility index (Phi) is 4.96. The highest BCUT2D eigenvalue weighted by atomic mass is 16.5. The van der Waals surface area contributed by atoms with Gasteiger partial charge in [0.2, 0.25) is 5.88 Å². The Balaban J connectivity index is 1.98. The van der Waals surface area contributed by atoms with Gasteiger partial charge in [0.1, 0.15) is 0 Å². The molecule has 0 aliphatic carbocycles. The molecule has 0 saturated carbocycles. The van der Waals surface area contributed by atoms with E-state index in [0.717, 1.165) is 25.0 Å². The molecule has 1 aromatic heterocycles. The summed E-state index contributed by atoms with van der Waals surface area (Å²) < 4.78 is 11.0. The first-order valence-corrected chi connectivity index (χ1v) is 6.63. The number of methoxy groups -OCH3 is 1. The van der Waals surface area contributed by atoms with Gasteiger partial charge in [-0.25, -0.2) is 4.98 Å². The maximum atomic E-state index is 5.67. The third-order valence-corrected chi connectivity index (χ3v) is 3.52. The van der Waals surface area contributed by atoms with E-state index in [1.165, 1.54) is 12.8 Å². The fourth-order valence-corrected chi connectivity index (χ4v) is 2.52. The number of hydrogen-bond donors (Lipinski definition) is 1. The van der Waals surface area contributed by atoms with Crippen molar-refractivity contribution in [2.75, 3.05) is 20.8 Å². The minimum Gasteiger partial charge on any atom is -0.481 e. The average molecular weight is 250 g/mol. The molecule has 2 heterocycles. The van der Waals surface area contributed by atoms with Gasteiger partial charge in [-0.3, -0.25) is 0 Å². The Hall–Kier alpha value is -1.13. The van der Waals surface area contributed by atoms with Crippen molar-refractivity contribution >= 4 is 0 Å². The molecule has 1 saturated heterocycles. The van der Waals surface area contributed by atoms with Crippen molar-refractivity contribution < 1.29 is 9.47 Å². The predicted molar refractivity (Wildman–Crippen MR) is 70.8 cm³/mol. The maximum Gasteiger partial charge on any atom is 0.217 e. The summed E-state index contributed by atoms with van der Waals surface area (Å²) in [6.45, 7) is 0.922. The van der Waals surface area contributed by atoms with Crippen molar-refractivity contribution in [1.82, 2.24) is 10.3 Å². The van der Waals surface area contributed by atoms with E-state index in [2.05, 4.69) is 16.4 Å². The smallest absolute Gasteiger partial charge is 0.217 e. The molecule has 1 aliphatic rings. The topological polar surface area (TPSA) is 43.4 Å². The van der Waals surface area contributed by atoms with Gasteiger partial charge in [0.05, 0.1) is 13.2 Å². The van der Waals surface area contributed by atoms with Crippen molar-refractivity contribution in [2.45, 2.75) is 37.8 Å². The number of hydrogen-bond acceptors (Lipinski definition) is 4. The van der Waals surface area contributed by atoms with E-state index in [-0.39, 0.29) is 6.04 Å². The third kappa shape index (κ3) is 3.21. The van der Waals surface area contributed by atoms with Crippen LogP contribution in [0.25, 0.3) is 0 Å². The highest BCUT2D eigenvalue weighted by Crippen LogP contribution is 2.28. The van der Waals surface area contributed by atoms with Gasteiger partial charge in [-0.1, -0.05) is 6.07 Å². The summed E-state index contributed by atoms with van der Waals surface area (Å²) in [5.41, 5.74) is 1.13. The Bertz CT molecular complexity index is 365. The van der Waals surface area contributed by atoms with Gasteiger partial charge in [0.25, 0.3) is 0 Å². The molecule has 100 valence electrons. The van der Waals surface area contributed by atoms with Crippen LogP contribution in [0.3, 0.4) is 0 Å². The minimum atomic E-state index is 0.276. The quantitative estimate of drug-likeness (QED) is 0.841. The van der Waals surface area contributed by atoms with E-state index in [9.17, 15) is 0 Å². The van der Waals surface area contributed by atoms with Crippen molar-refractivity contribution in [3.8, 4) is 5.88 Å². The molecule has 1 fully saturated rings. The van der Waals surface area contributed by atoms with Crippen molar-refractivity contribution in [3.05, 3.63) is 23.9 Å². The van der Waals surface area contributed by atoms with Crippen LogP contribution >= 0.6 is 0 Å². The Labute approximate surface area is 109 Å². The van der Waals surface area contributed by atoms with E-state index < -0.39 is 0 Å². The maximum absolute atomic E-state index is 5.67. The van der Waals surface area contributed by atoms with Crippen LogP contribution in [-0.2, 0) is 4.74 Å². The molecule has 4 heteroatoms. The number of aromatic nitrogens is 1. The van der Waals surface area contributed by atoms with Gasteiger partial charge in [-0.15, -0.1) is 0 Å². The molecule has 2 unspecified atom stereocenters. The van der Waals surface area contributed by atoms with Crippen LogP contribution in [0, 0.1) is 0 Å². The molecule has 2 atom stereocenters. The second kappa shape index (κ2) is 6.71. The molecule has 1 N–H and O–H groups in total.